The van der Waals surface area contributed by atoms with Gasteiger partial charge in [-0.1, -0.05) is 23.2 Å². The first-order chi connectivity index (χ1) is 5.12. The largest absolute Gasteiger partial charge is 0.772 e. The second kappa shape index (κ2) is 3.70. The monoisotopic (exact) mass is 193 g/mol. The molecule has 1 aliphatic carbocycles. The van der Waals surface area contributed by atoms with Crippen molar-refractivity contribution >= 4 is 22.7 Å². The van der Waals surface area contributed by atoms with Crippen LogP contribution in [0.2, 0.25) is 0 Å². The third-order valence-electron chi connectivity index (χ3n) is 1.79. The van der Waals surface area contributed by atoms with Crippen LogP contribution < -0.4 is 0 Å². The third kappa shape index (κ3) is 2.93. The van der Waals surface area contributed by atoms with Gasteiger partial charge in [0.1, 0.15) is 0 Å². The Labute approximate surface area is 73.9 Å². The van der Waals surface area contributed by atoms with Crippen LogP contribution in [0.1, 0.15) is 19.3 Å². The normalized spacial score (nSPS) is 33.6. The first-order valence-corrected chi connectivity index (χ1v) is 5.14. The maximum Gasteiger partial charge on any atom is 0.0587 e. The van der Waals surface area contributed by atoms with E-state index >= 15 is 0 Å². The minimum atomic E-state index is -2.02. The van der Waals surface area contributed by atoms with Gasteiger partial charge in [0.25, 0.3) is 0 Å². The Morgan fingerprint density at radius 3 is 2.82 bits per heavy atom. The van der Waals surface area contributed by atoms with Crippen molar-refractivity contribution in [1.82, 2.24) is 0 Å². The predicted molar refractivity (Wildman–Crippen MR) is 45.4 cm³/mol. The summed E-state index contributed by atoms with van der Waals surface area (Å²) in [5.41, 5.74) is 0. The Morgan fingerprint density at radius 2 is 2.36 bits per heavy atom. The fraction of sp³-hybridized carbons (Fsp3) is 0.714. The second-order valence-electron chi connectivity index (χ2n) is 2.81. The maximum atomic E-state index is 10.4. The van der Waals surface area contributed by atoms with Gasteiger partial charge >= 0.3 is 0 Å². The maximum absolute atomic E-state index is 10.4. The van der Waals surface area contributed by atoms with Crippen LogP contribution in [0.4, 0.5) is 0 Å². The highest BCUT2D eigenvalue weighted by Crippen LogP contribution is 2.30. The molecule has 0 aliphatic heterocycles. The fourth-order valence-corrected chi connectivity index (χ4v) is 2.35. The van der Waals surface area contributed by atoms with E-state index < -0.39 is 16.0 Å². The van der Waals surface area contributed by atoms with Gasteiger partial charge in [-0.2, -0.15) is 0 Å². The van der Waals surface area contributed by atoms with Crippen LogP contribution in [0.15, 0.2) is 12.2 Å². The molecule has 0 aromatic rings. The molecule has 0 spiro atoms. The second-order valence-corrected chi connectivity index (χ2v) is 4.51. The molecule has 11 heavy (non-hydrogen) atoms. The number of halogens is 1. The minimum absolute atomic E-state index is 0.0683. The number of alkyl halides is 1. The summed E-state index contributed by atoms with van der Waals surface area (Å²) >= 11 is 4.01. The predicted octanol–water partition coefficient (Wildman–Crippen LogP) is 1.58. The van der Waals surface area contributed by atoms with Gasteiger partial charge < -0.3 is 4.55 Å². The Morgan fingerprint density at radius 1 is 1.64 bits per heavy atom. The number of rotatable bonds is 2. The molecule has 1 rings (SSSR count). The van der Waals surface area contributed by atoms with E-state index in [1.807, 2.05) is 12.2 Å². The Hall–Kier alpha value is 0.140. The van der Waals surface area contributed by atoms with E-state index in [1.165, 1.54) is 0 Å². The van der Waals surface area contributed by atoms with Crippen molar-refractivity contribution in [3.63, 3.8) is 0 Å². The van der Waals surface area contributed by atoms with Gasteiger partial charge in [0.05, 0.1) is 4.87 Å². The van der Waals surface area contributed by atoms with Crippen molar-refractivity contribution in [2.45, 2.75) is 24.1 Å². The average molecular weight is 194 g/mol. The zero-order chi connectivity index (χ0) is 8.32. The smallest absolute Gasteiger partial charge is 0.0587 e. The van der Waals surface area contributed by atoms with Crippen LogP contribution >= 0.6 is 11.6 Å². The van der Waals surface area contributed by atoms with Gasteiger partial charge in [-0.15, -0.1) is 11.6 Å². The summed E-state index contributed by atoms with van der Waals surface area (Å²) in [5, 5.41) is 0. The molecule has 4 heteroatoms. The molecule has 0 aromatic carbocycles. The average Bonchev–Trinajstić information content (AvgIpc) is 1.85. The third-order valence-corrected chi connectivity index (χ3v) is 3.21. The summed E-state index contributed by atoms with van der Waals surface area (Å²) in [6.07, 6.45) is 6.31. The van der Waals surface area contributed by atoms with Gasteiger partial charge in [-0.05, 0) is 19.3 Å². The number of hydrogen-bond donors (Lipinski definition) is 0. The molecule has 64 valence electrons. The molecular formula is C7H10ClO2S-. The highest BCUT2D eigenvalue weighted by Gasteiger charge is 2.27. The zero-order valence-electron chi connectivity index (χ0n) is 6.09. The van der Waals surface area contributed by atoms with Crippen LogP contribution in [0.5, 0.6) is 0 Å². The zero-order valence-corrected chi connectivity index (χ0v) is 7.66. The minimum Gasteiger partial charge on any atom is -0.772 e. The Kier molecular flexibility index (Phi) is 3.10. The van der Waals surface area contributed by atoms with Crippen molar-refractivity contribution < 1.29 is 8.76 Å². The van der Waals surface area contributed by atoms with E-state index in [-0.39, 0.29) is 5.75 Å². The van der Waals surface area contributed by atoms with Crippen molar-refractivity contribution in [2.75, 3.05) is 5.75 Å². The lowest BCUT2D eigenvalue weighted by atomic mass is 9.95. The SMILES string of the molecule is O=S([O-])CC1(Cl)CC=CCC1. The van der Waals surface area contributed by atoms with Crippen LogP contribution in [0.25, 0.3) is 0 Å². The summed E-state index contributed by atoms with van der Waals surface area (Å²) < 4.78 is 20.7. The molecule has 1 aliphatic rings. The number of hydrogen-bond acceptors (Lipinski definition) is 2. The van der Waals surface area contributed by atoms with Crippen molar-refractivity contribution in [3.8, 4) is 0 Å². The summed E-state index contributed by atoms with van der Waals surface area (Å²) in [7, 11) is 0. The van der Waals surface area contributed by atoms with E-state index in [0.29, 0.717) is 6.42 Å². The number of allylic oxidation sites excluding steroid dienone is 2. The summed E-state index contributed by atoms with van der Waals surface area (Å²) in [6, 6.07) is 0. The van der Waals surface area contributed by atoms with E-state index in [1.54, 1.807) is 0 Å². The van der Waals surface area contributed by atoms with Crippen molar-refractivity contribution in [2.24, 2.45) is 0 Å². The molecule has 2 nitrogen and oxygen atoms in total. The lowest BCUT2D eigenvalue weighted by Gasteiger charge is -2.28. The molecular weight excluding hydrogens is 184 g/mol. The molecule has 0 saturated carbocycles. The molecule has 0 fully saturated rings. The standard InChI is InChI=1S/C7H11ClO2S/c8-7(6-11(9)10)4-2-1-3-5-7/h1-2H,3-6H2,(H,9,10)/p-1. The van der Waals surface area contributed by atoms with Gasteiger partial charge in [0.2, 0.25) is 0 Å². The summed E-state index contributed by atoms with van der Waals surface area (Å²) in [5.74, 6) is 0.0683. The Balaban J connectivity index is 2.52. The van der Waals surface area contributed by atoms with Gasteiger partial charge in [-0.3, -0.25) is 4.21 Å². The highest BCUT2D eigenvalue weighted by molar-refractivity contribution is 7.79. The highest BCUT2D eigenvalue weighted by atomic mass is 35.5. The first kappa shape index (κ1) is 9.23. The summed E-state index contributed by atoms with van der Waals surface area (Å²) in [4.78, 5) is -0.526. The van der Waals surface area contributed by atoms with Gasteiger partial charge in [0.15, 0.2) is 0 Å². The van der Waals surface area contributed by atoms with E-state index in [0.717, 1.165) is 12.8 Å². The van der Waals surface area contributed by atoms with Gasteiger partial charge in [-0.25, -0.2) is 0 Å². The molecule has 2 atom stereocenters. The molecule has 0 amide bonds. The summed E-state index contributed by atoms with van der Waals surface area (Å²) in [6.45, 7) is 0. The van der Waals surface area contributed by atoms with Crippen LogP contribution in [-0.4, -0.2) is 19.4 Å². The molecule has 0 saturated heterocycles. The van der Waals surface area contributed by atoms with Crippen molar-refractivity contribution in [1.29, 1.82) is 0 Å². The molecule has 0 heterocycles. The van der Waals surface area contributed by atoms with Crippen LogP contribution in [0.3, 0.4) is 0 Å². The van der Waals surface area contributed by atoms with E-state index in [4.69, 9.17) is 11.6 Å². The molecule has 2 unspecified atom stereocenters. The topological polar surface area (TPSA) is 40.1 Å². The molecule has 0 bridgehead atoms. The quantitative estimate of drug-likeness (QED) is 0.380. The Bertz CT molecular complexity index is 193. The van der Waals surface area contributed by atoms with Gasteiger partial charge in [0, 0.05) is 5.75 Å². The lowest BCUT2D eigenvalue weighted by molar-refractivity contribution is 0.507. The van der Waals surface area contributed by atoms with E-state index in [9.17, 15) is 8.76 Å². The first-order valence-electron chi connectivity index (χ1n) is 3.52. The molecule has 0 radical (unpaired) electrons. The fourth-order valence-electron chi connectivity index (χ4n) is 1.20. The lowest BCUT2D eigenvalue weighted by Crippen LogP contribution is -2.29. The van der Waals surface area contributed by atoms with Crippen LogP contribution in [-0.2, 0) is 11.1 Å². The van der Waals surface area contributed by atoms with Crippen molar-refractivity contribution in [3.05, 3.63) is 12.2 Å². The molecule has 0 N–H and O–H groups in total. The van der Waals surface area contributed by atoms with E-state index in [2.05, 4.69) is 0 Å². The van der Waals surface area contributed by atoms with Crippen LogP contribution in [0, 0.1) is 0 Å². The molecule has 0 aromatic heterocycles.